The number of fused-ring (bicyclic) bond motifs is 1. The fourth-order valence-electron chi connectivity index (χ4n) is 3.42. The number of piperidine rings is 1. The molecule has 0 radical (unpaired) electrons. The Bertz CT molecular complexity index is 725. The molecule has 0 aromatic carbocycles. The van der Waals surface area contributed by atoms with Gasteiger partial charge >= 0.3 is 0 Å². The Balaban J connectivity index is 1.79. The zero-order chi connectivity index (χ0) is 17.8. The van der Waals surface area contributed by atoms with Crippen molar-refractivity contribution in [1.29, 1.82) is 0 Å². The Morgan fingerprint density at radius 1 is 1.36 bits per heavy atom. The third-order valence-corrected chi connectivity index (χ3v) is 5.01. The number of aliphatic hydroxyl groups excluding tert-OH is 1. The first-order valence-electron chi connectivity index (χ1n) is 9.11. The molecule has 0 unspecified atom stereocenters. The first kappa shape index (κ1) is 17.8. The quantitative estimate of drug-likeness (QED) is 0.857. The van der Waals surface area contributed by atoms with E-state index in [9.17, 15) is 9.90 Å². The second kappa shape index (κ2) is 7.93. The number of nitrogens with zero attached hydrogens (tertiary/aromatic N) is 5. The maximum absolute atomic E-state index is 12.8. The topological polar surface area (TPSA) is 74.0 Å². The van der Waals surface area contributed by atoms with E-state index in [2.05, 4.69) is 28.8 Å². The molecule has 3 rings (SSSR count). The van der Waals surface area contributed by atoms with E-state index in [1.54, 1.807) is 10.7 Å². The van der Waals surface area contributed by atoms with Crippen molar-refractivity contribution in [2.45, 2.75) is 33.2 Å². The fourth-order valence-corrected chi connectivity index (χ4v) is 3.42. The molecular formula is C18H27N5O2. The Labute approximate surface area is 148 Å². The lowest BCUT2D eigenvalue weighted by atomic mass is 9.98. The normalized spacial score (nSPS) is 18.2. The van der Waals surface area contributed by atoms with Gasteiger partial charge in [0, 0.05) is 44.2 Å². The van der Waals surface area contributed by atoms with Crippen LogP contribution in [-0.4, -0.2) is 68.2 Å². The van der Waals surface area contributed by atoms with Crippen molar-refractivity contribution in [3.05, 3.63) is 29.7 Å². The summed E-state index contributed by atoms with van der Waals surface area (Å²) in [6.07, 6.45) is 7.29. The van der Waals surface area contributed by atoms with Gasteiger partial charge in [-0.25, -0.2) is 9.50 Å². The average Bonchev–Trinajstić information content (AvgIpc) is 3.08. The number of aliphatic hydroxyl groups is 1. The minimum atomic E-state index is -0.0443. The molecule has 1 N–H and O–H groups in total. The van der Waals surface area contributed by atoms with Gasteiger partial charge < -0.3 is 10.0 Å². The third-order valence-electron chi connectivity index (χ3n) is 5.01. The van der Waals surface area contributed by atoms with E-state index in [1.165, 1.54) is 0 Å². The van der Waals surface area contributed by atoms with Crippen LogP contribution in [0.25, 0.3) is 5.65 Å². The zero-order valence-corrected chi connectivity index (χ0v) is 15.1. The van der Waals surface area contributed by atoms with Crippen LogP contribution >= 0.6 is 0 Å². The first-order valence-corrected chi connectivity index (χ1v) is 9.11. The molecule has 2 aromatic heterocycles. The number of carbonyl (C=O) groups excluding carboxylic acids is 1. The van der Waals surface area contributed by atoms with Crippen LogP contribution in [0.5, 0.6) is 0 Å². The summed E-state index contributed by atoms with van der Waals surface area (Å²) in [4.78, 5) is 21.4. The Morgan fingerprint density at radius 2 is 2.16 bits per heavy atom. The molecule has 2 aromatic rings. The van der Waals surface area contributed by atoms with Crippen LogP contribution < -0.4 is 0 Å². The summed E-state index contributed by atoms with van der Waals surface area (Å²) in [6, 6.07) is 0. The molecule has 0 aliphatic carbocycles. The predicted octanol–water partition coefficient (Wildman–Crippen LogP) is 1.42. The molecule has 1 fully saturated rings. The average molecular weight is 345 g/mol. The van der Waals surface area contributed by atoms with Crippen molar-refractivity contribution in [2.75, 3.05) is 32.8 Å². The highest BCUT2D eigenvalue weighted by atomic mass is 16.3. The largest absolute Gasteiger partial charge is 0.396 e. The summed E-state index contributed by atoms with van der Waals surface area (Å²) < 4.78 is 1.69. The fraction of sp³-hybridized carbons (Fsp3) is 0.611. The molecule has 3 heterocycles. The Kier molecular flexibility index (Phi) is 5.65. The number of hydrogen-bond acceptors (Lipinski definition) is 5. The minimum absolute atomic E-state index is 0.0443. The zero-order valence-electron chi connectivity index (χ0n) is 15.1. The lowest BCUT2D eigenvalue weighted by molar-refractivity contribution is 0.0622. The number of likely N-dealkylation sites (tertiary alicyclic amines) is 1. The van der Waals surface area contributed by atoms with Gasteiger partial charge in [-0.1, -0.05) is 13.8 Å². The lowest BCUT2D eigenvalue weighted by Gasteiger charge is -2.31. The SMILES string of the molecule is CCN(CC)Cc1cnc2c(C(=O)N3CCC[C@H](CO)C3)cnn2c1. The summed E-state index contributed by atoms with van der Waals surface area (Å²) in [5.41, 5.74) is 2.21. The second-order valence-electron chi connectivity index (χ2n) is 6.69. The van der Waals surface area contributed by atoms with Crippen LogP contribution in [0.15, 0.2) is 18.6 Å². The predicted molar refractivity (Wildman–Crippen MR) is 95.3 cm³/mol. The summed E-state index contributed by atoms with van der Waals surface area (Å²) in [5.74, 6) is 0.130. The smallest absolute Gasteiger partial charge is 0.259 e. The second-order valence-corrected chi connectivity index (χ2v) is 6.69. The molecule has 0 spiro atoms. The molecule has 7 heteroatoms. The minimum Gasteiger partial charge on any atom is -0.396 e. The molecule has 136 valence electrons. The Morgan fingerprint density at radius 3 is 2.88 bits per heavy atom. The van der Waals surface area contributed by atoms with Crippen LogP contribution in [0.4, 0.5) is 0 Å². The molecule has 0 saturated carbocycles. The summed E-state index contributed by atoms with van der Waals surface area (Å²) in [7, 11) is 0. The molecule has 7 nitrogen and oxygen atoms in total. The number of aromatic nitrogens is 3. The lowest BCUT2D eigenvalue weighted by Crippen LogP contribution is -2.40. The molecule has 1 aliphatic heterocycles. The number of carbonyl (C=O) groups is 1. The number of amides is 1. The highest BCUT2D eigenvalue weighted by Gasteiger charge is 2.26. The summed E-state index contributed by atoms with van der Waals surface area (Å²) in [5, 5.41) is 13.7. The van der Waals surface area contributed by atoms with Gasteiger partial charge in [-0.2, -0.15) is 5.10 Å². The molecule has 1 amide bonds. The van der Waals surface area contributed by atoms with Gasteiger partial charge in [0.15, 0.2) is 5.65 Å². The van der Waals surface area contributed by atoms with Gasteiger partial charge in [-0.3, -0.25) is 9.69 Å². The molecule has 1 atom stereocenters. The van der Waals surface area contributed by atoms with Gasteiger partial charge in [0.25, 0.3) is 5.91 Å². The van der Waals surface area contributed by atoms with E-state index in [-0.39, 0.29) is 18.4 Å². The van der Waals surface area contributed by atoms with Crippen molar-refractivity contribution >= 4 is 11.6 Å². The summed E-state index contributed by atoms with van der Waals surface area (Å²) in [6.45, 7) is 8.53. The Hall–Kier alpha value is -1.99. The van der Waals surface area contributed by atoms with Gasteiger partial charge in [0.1, 0.15) is 5.56 Å². The number of rotatable bonds is 6. The van der Waals surface area contributed by atoms with Gasteiger partial charge in [0.2, 0.25) is 0 Å². The highest BCUT2D eigenvalue weighted by Crippen LogP contribution is 2.20. The van der Waals surface area contributed by atoms with Gasteiger partial charge in [0.05, 0.1) is 6.20 Å². The van der Waals surface area contributed by atoms with E-state index >= 15 is 0 Å². The molecule has 25 heavy (non-hydrogen) atoms. The van der Waals surface area contributed by atoms with Crippen molar-refractivity contribution in [1.82, 2.24) is 24.4 Å². The van der Waals surface area contributed by atoms with E-state index in [0.29, 0.717) is 17.8 Å². The van der Waals surface area contributed by atoms with Crippen LogP contribution in [0.3, 0.4) is 0 Å². The van der Waals surface area contributed by atoms with Crippen LogP contribution in [-0.2, 0) is 6.54 Å². The molecule has 0 bridgehead atoms. The maximum Gasteiger partial charge on any atom is 0.259 e. The van der Waals surface area contributed by atoms with Crippen molar-refractivity contribution in [3.8, 4) is 0 Å². The highest BCUT2D eigenvalue weighted by molar-refractivity contribution is 5.99. The van der Waals surface area contributed by atoms with Gasteiger partial charge in [-0.05, 0) is 31.8 Å². The van der Waals surface area contributed by atoms with Crippen molar-refractivity contribution in [2.24, 2.45) is 5.92 Å². The number of hydrogen-bond donors (Lipinski definition) is 1. The standard InChI is InChI=1S/C18H27N5O2/c1-3-21(4-2)10-15-8-19-17-16(9-20-23(17)12-15)18(25)22-7-5-6-14(11-22)13-24/h8-9,12,14,24H,3-7,10-11,13H2,1-2H3/t14-/m0/s1. The van der Waals surface area contributed by atoms with E-state index in [1.807, 2.05) is 17.3 Å². The maximum atomic E-state index is 12.8. The first-order chi connectivity index (χ1) is 12.2. The van der Waals surface area contributed by atoms with Crippen LogP contribution in [0, 0.1) is 5.92 Å². The molecule has 1 saturated heterocycles. The van der Waals surface area contributed by atoms with Crippen molar-refractivity contribution < 1.29 is 9.90 Å². The van der Waals surface area contributed by atoms with E-state index in [4.69, 9.17) is 0 Å². The summed E-state index contributed by atoms with van der Waals surface area (Å²) >= 11 is 0. The molecular weight excluding hydrogens is 318 g/mol. The van der Waals surface area contributed by atoms with E-state index < -0.39 is 0 Å². The molecule has 1 aliphatic rings. The van der Waals surface area contributed by atoms with E-state index in [0.717, 1.165) is 44.6 Å². The van der Waals surface area contributed by atoms with Crippen LogP contribution in [0.1, 0.15) is 42.6 Å². The monoisotopic (exact) mass is 345 g/mol. The van der Waals surface area contributed by atoms with Crippen molar-refractivity contribution in [3.63, 3.8) is 0 Å². The van der Waals surface area contributed by atoms with Gasteiger partial charge in [-0.15, -0.1) is 0 Å². The third kappa shape index (κ3) is 3.82. The van der Waals surface area contributed by atoms with Crippen LogP contribution in [0.2, 0.25) is 0 Å².